The van der Waals surface area contributed by atoms with Gasteiger partial charge in [0, 0.05) is 28.1 Å². The Labute approximate surface area is 128 Å². The van der Waals surface area contributed by atoms with Crippen LogP contribution in [0.25, 0.3) is 10.1 Å². The molecule has 5 heteroatoms. The van der Waals surface area contributed by atoms with Gasteiger partial charge in [0.15, 0.2) is 0 Å². The van der Waals surface area contributed by atoms with Crippen LogP contribution in [0.15, 0.2) is 24.3 Å². The highest BCUT2D eigenvalue weighted by Crippen LogP contribution is 2.35. The highest BCUT2D eigenvalue weighted by molar-refractivity contribution is 7.19. The summed E-state index contributed by atoms with van der Waals surface area (Å²) < 4.78 is 5.88. The van der Waals surface area contributed by atoms with Crippen LogP contribution in [0.2, 0.25) is 5.02 Å². The topological polar surface area (TPSA) is 29.5 Å². The molecule has 0 N–H and O–H groups in total. The average Bonchev–Trinajstić information content (AvgIpc) is 2.79. The lowest BCUT2D eigenvalue weighted by molar-refractivity contribution is -0.141. The van der Waals surface area contributed by atoms with E-state index in [9.17, 15) is 4.79 Å². The molecule has 0 aliphatic carbocycles. The first-order valence-corrected chi connectivity index (χ1v) is 7.80. The van der Waals surface area contributed by atoms with Crippen LogP contribution in [0.5, 0.6) is 0 Å². The second-order valence-electron chi connectivity index (χ2n) is 4.53. The SMILES string of the molecule is CCN(CCC(=O)OC)Cc1sc2ccccc2c1Cl. The third-order valence-electron chi connectivity index (χ3n) is 3.28. The molecule has 0 atom stereocenters. The van der Waals surface area contributed by atoms with Crippen molar-refractivity contribution in [3.8, 4) is 0 Å². The molecule has 0 amide bonds. The van der Waals surface area contributed by atoms with Gasteiger partial charge in [-0.15, -0.1) is 11.3 Å². The molecular weight excluding hydrogens is 294 g/mol. The number of esters is 1. The Bertz CT molecular complexity index is 597. The number of ether oxygens (including phenoxy) is 1. The van der Waals surface area contributed by atoms with E-state index in [4.69, 9.17) is 11.6 Å². The van der Waals surface area contributed by atoms with Crippen LogP contribution in [0.4, 0.5) is 0 Å². The van der Waals surface area contributed by atoms with Crippen LogP contribution >= 0.6 is 22.9 Å². The molecule has 0 unspecified atom stereocenters. The third-order valence-corrected chi connectivity index (χ3v) is 4.98. The van der Waals surface area contributed by atoms with E-state index in [1.165, 1.54) is 11.8 Å². The first kappa shape index (κ1) is 15.3. The van der Waals surface area contributed by atoms with Crippen molar-refractivity contribution in [3.05, 3.63) is 34.2 Å². The van der Waals surface area contributed by atoms with Crippen LogP contribution in [-0.2, 0) is 16.1 Å². The zero-order valence-electron chi connectivity index (χ0n) is 11.7. The third kappa shape index (κ3) is 3.51. The largest absolute Gasteiger partial charge is 0.469 e. The highest BCUT2D eigenvalue weighted by Gasteiger charge is 2.14. The van der Waals surface area contributed by atoms with Crippen LogP contribution in [-0.4, -0.2) is 31.1 Å². The lowest BCUT2D eigenvalue weighted by Gasteiger charge is -2.19. The lowest BCUT2D eigenvalue weighted by atomic mass is 10.2. The second-order valence-corrected chi connectivity index (χ2v) is 6.04. The van der Waals surface area contributed by atoms with Crippen molar-refractivity contribution in [1.29, 1.82) is 0 Å². The maximum Gasteiger partial charge on any atom is 0.306 e. The van der Waals surface area contributed by atoms with E-state index in [1.807, 2.05) is 18.2 Å². The molecule has 0 aliphatic heterocycles. The number of thiophene rings is 1. The van der Waals surface area contributed by atoms with Gasteiger partial charge >= 0.3 is 5.97 Å². The number of carbonyl (C=O) groups is 1. The Kier molecular flexibility index (Phi) is 5.40. The van der Waals surface area contributed by atoms with Crippen molar-refractivity contribution in [1.82, 2.24) is 4.90 Å². The minimum absolute atomic E-state index is 0.175. The van der Waals surface area contributed by atoms with Crippen molar-refractivity contribution >= 4 is 39.0 Å². The van der Waals surface area contributed by atoms with E-state index in [2.05, 4.69) is 22.6 Å². The Morgan fingerprint density at radius 3 is 2.80 bits per heavy atom. The van der Waals surface area contributed by atoms with E-state index in [1.54, 1.807) is 11.3 Å². The molecule has 1 aromatic heterocycles. The molecule has 20 heavy (non-hydrogen) atoms. The maximum atomic E-state index is 11.2. The molecule has 0 radical (unpaired) electrons. The zero-order valence-corrected chi connectivity index (χ0v) is 13.3. The summed E-state index contributed by atoms with van der Waals surface area (Å²) in [5.74, 6) is -0.175. The van der Waals surface area contributed by atoms with Gasteiger partial charge in [-0.1, -0.05) is 36.7 Å². The molecular formula is C15H18ClNO2S. The molecule has 1 aromatic carbocycles. The van der Waals surface area contributed by atoms with Crippen molar-refractivity contribution in [2.75, 3.05) is 20.2 Å². The fourth-order valence-electron chi connectivity index (χ4n) is 2.07. The fraction of sp³-hybridized carbons (Fsp3) is 0.400. The molecule has 0 spiro atoms. The van der Waals surface area contributed by atoms with Crippen molar-refractivity contribution in [2.45, 2.75) is 19.9 Å². The van der Waals surface area contributed by atoms with E-state index in [0.717, 1.165) is 28.4 Å². The molecule has 0 aliphatic rings. The summed E-state index contributed by atoms with van der Waals surface area (Å²) in [6.07, 6.45) is 0.410. The smallest absolute Gasteiger partial charge is 0.306 e. The normalized spacial score (nSPS) is 11.2. The molecule has 0 saturated heterocycles. The van der Waals surface area contributed by atoms with Gasteiger partial charge in [-0.25, -0.2) is 0 Å². The first-order chi connectivity index (χ1) is 9.65. The molecule has 0 fully saturated rings. The van der Waals surface area contributed by atoms with Crippen LogP contribution < -0.4 is 0 Å². The van der Waals surface area contributed by atoms with E-state index < -0.39 is 0 Å². The average molecular weight is 312 g/mol. The number of carbonyl (C=O) groups excluding carboxylic acids is 1. The summed E-state index contributed by atoms with van der Waals surface area (Å²) in [4.78, 5) is 14.6. The summed E-state index contributed by atoms with van der Waals surface area (Å²) in [6, 6.07) is 8.15. The predicted octanol–water partition coefficient (Wildman–Crippen LogP) is 3.94. The van der Waals surface area contributed by atoms with E-state index >= 15 is 0 Å². The minimum Gasteiger partial charge on any atom is -0.469 e. The van der Waals surface area contributed by atoms with Crippen molar-refractivity contribution in [3.63, 3.8) is 0 Å². The number of benzene rings is 1. The van der Waals surface area contributed by atoms with Crippen LogP contribution in [0.1, 0.15) is 18.2 Å². The number of rotatable bonds is 6. The second kappa shape index (κ2) is 7.07. The monoisotopic (exact) mass is 311 g/mol. The molecule has 0 bridgehead atoms. The minimum atomic E-state index is -0.175. The summed E-state index contributed by atoms with van der Waals surface area (Å²) in [5.41, 5.74) is 0. The first-order valence-electron chi connectivity index (χ1n) is 6.60. The van der Waals surface area contributed by atoms with Gasteiger partial charge in [-0.2, -0.15) is 0 Å². The van der Waals surface area contributed by atoms with Crippen LogP contribution in [0.3, 0.4) is 0 Å². The summed E-state index contributed by atoms with van der Waals surface area (Å²) >= 11 is 8.16. The maximum absolute atomic E-state index is 11.2. The number of methoxy groups -OCH3 is 1. The number of nitrogens with zero attached hydrogens (tertiary/aromatic N) is 1. The molecule has 2 rings (SSSR count). The Hall–Kier alpha value is -1.10. The Morgan fingerprint density at radius 2 is 2.15 bits per heavy atom. The highest BCUT2D eigenvalue weighted by atomic mass is 35.5. The van der Waals surface area contributed by atoms with Crippen molar-refractivity contribution < 1.29 is 9.53 Å². The van der Waals surface area contributed by atoms with Gasteiger partial charge in [0.25, 0.3) is 0 Å². The van der Waals surface area contributed by atoms with E-state index in [0.29, 0.717) is 13.0 Å². The van der Waals surface area contributed by atoms with Crippen LogP contribution in [0, 0.1) is 0 Å². The quantitative estimate of drug-likeness (QED) is 0.757. The van der Waals surface area contributed by atoms with Gasteiger partial charge in [0.05, 0.1) is 18.6 Å². The lowest BCUT2D eigenvalue weighted by Crippen LogP contribution is -2.25. The summed E-state index contributed by atoms with van der Waals surface area (Å²) in [7, 11) is 1.42. The molecule has 2 aromatic rings. The number of halogens is 1. The Morgan fingerprint density at radius 1 is 1.40 bits per heavy atom. The molecule has 1 heterocycles. The summed E-state index contributed by atoms with van der Waals surface area (Å²) in [6.45, 7) is 4.42. The van der Waals surface area contributed by atoms with Gasteiger partial charge in [-0.05, 0) is 12.6 Å². The summed E-state index contributed by atoms with van der Waals surface area (Å²) in [5, 5.41) is 1.94. The molecule has 108 valence electrons. The van der Waals surface area contributed by atoms with Crippen molar-refractivity contribution in [2.24, 2.45) is 0 Å². The van der Waals surface area contributed by atoms with Gasteiger partial charge in [-0.3, -0.25) is 9.69 Å². The Balaban J connectivity index is 2.09. The standard InChI is InChI=1S/C15H18ClNO2S/c1-3-17(9-8-14(18)19-2)10-13-15(16)11-6-4-5-7-12(11)20-13/h4-7H,3,8-10H2,1-2H3. The van der Waals surface area contributed by atoms with Gasteiger partial charge in [0.2, 0.25) is 0 Å². The number of hydrogen-bond acceptors (Lipinski definition) is 4. The molecule has 3 nitrogen and oxygen atoms in total. The number of fused-ring (bicyclic) bond motifs is 1. The van der Waals surface area contributed by atoms with Gasteiger partial charge < -0.3 is 4.74 Å². The fourth-order valence-corrected chi connectivity index (χ4v) is 3.61. The zero-order chi connectivity index (χ0) is 14.5. The number of hydrogen-bond donors (Lipinski definition) is 0. The predicted molar refractivity (Wildman–Crippen MR) is 84.4 cm³/mol. The molecule has 0 saturated carbocycles. The van der Waals surface area contributed by atoms with E-state index in [-0.39, 0.29) is 5.97 Å². The van der Waals surface area contributed by atoms with Gasteiger partial charge in [0.1, 0.15) is 0 Å².